The molecule has 1 heterocycles. The number of nitrogens with zero attached hydrogens (tertiary/aromatic N) is 4. The molecule has 0 saturated heterocycles. The second kappa shape index (κ2) is 11.1. The van der Waals surface area contributed by atoms with Gasteiger partial charge in [0, 0.05) is 19.3 Å². The van der Waals surface area contributed by atoms with E-state index >= 15 is 4.39 Å². The molecule has 204 valence electrons. The number of nitrogens with two attached hydrogens (primary N) is 1. The Morgan fingerprint density at radius 2 is 1.82 bits per heavy atom. The Morgan fingerprint density at radius 3 is 2.39 bits per heavy atom. The lowest BCUT2D eigenvalue weighted by Gasteiger charge is -2.24. The molecule has 3 aromatic rings. The first-order valence-electron chi connectivity index (χ1n) is 11.2. The normalized spacial score (nSPS) is 11.7. The van der Waals surface area contributed by atoms with Crippen LogP contribution in [0.25, 0.3) is 10.9 Å². The molecule has 0 bridgehead atoms. The number of hydrogen-bond donors (Lipinski definition) is 1. The number of halogens is 1. The number of hydrogen-bond acceptors (Lipinski definition) is 9. The van der Waals surface area contributed by atoms with E-state index in [1.807, 2.05) is 6.07 Å². The molecule has 0 atom stereocenters. The number of carbonyl (C=O) groups excluding carboxylic acids is 2. The molecule has 0 aliphatic rings. The molecule has 3 rings (SSSR count). The number of amides is 1. The van der Waals surface area contributed by atoms with Gasteiger partial charge in [0.1, 0.15) is 30.0 Å². The van der Waals surface area contributed by atoms with E-state index in [-0.39, 0.29) is 29.2 Å². The van der Waals surface area contributed by atoms with E-state index in [2.05, 4.69) is 14.7 Å². The molecule has 0 spiro atoms. The van der Waals surface area contributed by atoms with Crippen molar-refractivity contribution in [2.75, 3.05) is 29.9 Å². The molecule has 14 heteroatoms. The van der Waals surface area contributed by atoms with Gasteiger partial charge in [-0.05, 0) is 26.3 Å². The Bertz CT molecular complexity index is 1450. The number of anilines is 2. The van der Waals surface area contributed by atoms with Gasteiger partial charge in [-0.1, -0.05) is 30.3 Å². The van der Waals surface area contributed by atoms with E-state index in [9.17, 15) is 18.0 Å². The van der Waals surface area contributed by atoms with Gasteiger partial charge in [-0.3, -0.25) is 4.79 Å². The monoisotopic (exact) mass is 549 g/mol. The number of aromatic nitrogens is 2. The molecule has 12 nitrogen and oxygen atoms in total. The maximum Gasteiger partial charge on any atom is 0.416 e. The summed E-state index contributed by atoms with van der Waals surface area (Å²) < 4.78 is 56.6. The summed E-state index contributed by atoms with van der Waals surface area (Å²) in [6.07, 6.45) is 0.429. The molecular weight excluding hydrogens is 521 g/mol. The van der Waals surface area contributed by atoms with E-state index in [4.69, 9.17) is 14.6 Å². The molecule has 0 unspecified atom stereocenters. The van der Waals surface area contributed by atoms with Crippen molar-refractivity contribution >= 4 is 44.8 Å². The molecule has 2 aromatic carbocycles. The number of esters is 1. The first-order valence-corrected chi connectivity index (χ1v) is 12.7. The van der Waals surface area contributed by atoms with Gasteiger partial charge >= 0.3 is 12.1 Å². The van der Waals surface area contributed by atoms with Crippen LogP contribution in [0.5, 0.6) is 5.75 Å². The predicted octanol–water partition coefficient (Wildman–Crippen LogP) is 2.90. The zero-order chi connectivity index (χ0) is 28.3. The van der Waals surface area contributed by atoms with Crippen LogP contribution in [0.4, 0.5) is 20.8 Å². The molecule has 2 N–H and O–H groups in total. The highest BCUT2D eigenvalue weighted by Gasteiger charge is 2.29. The molecule has 0 aliphatic heterocycles. The number of rotatable bonds is 8. The smallest absolute Gasteiger partial charge is 0.416 e. The average molecular weight is 550 g/mol. The highest BCUT2D eigenvalue weighted by atomic mass is 32.2. The highest BCUT2D eigenvalue weighted by molar-refractivity contribution is 7.90. The minimum atomic E-state index is -4.65. The molecule has 0 fully saturated rings. The van der Waals surface area contributed by atoms with Crippen molar-refractivity contribution in [3.8, 4) is 5.75 Å². The largest absolute Gasteiger partial charge is 0.488 e. The number of carbonyl (C=O) groups is 2. The summed E-state index contributed by atoms with van der Waals surface area (Å²) in [5.74, 6) is -2.36. The first-order chi connectivity index (χ1) is 17.7. The molecule has 38 heavy (non-hydrogen) atoms. The molecule has 0 saturated carbocycles. The van der Waals surface area contributed by atoms with Crippen molar-refractivity contribution in [2.45, 2.75) is 33.0 Å². The second-order valence-corrected chi connectivity index (χ2v) is 10.6. The molecule has 1 amide bonds. The third-order valence-corrected chi connectivity index (χ3v) is 5.96. The summed E-state index contributed by atoms with van der Waals surface area (Å²) in [7, 11) is -2.28. The summed E-state index contributed by atoms with van der Waals surface area (Å²) in [5.41, 5.74) is -1.04. The number of methoxy groups -OCH3 is 1. The van der Waals surface area contributed by atoms with Crippen molar-refractivity contribution in [1.82, 2.24) is 9.97 Å². The topological polar surface area (TPSA) is 154 Å². The summed E-state index contributed by atoms with van der Waals surface area (Å²) in [6, 6.07) is 10.1. The van der Waals surface area contributed by atoms with Crippen molar-refractivity contribution in [1.29, 1.82) is 0 Å². The molecule has 0 radical (unpaired) electrons. The van der Waals surface area contributed by atoms with Gasteiger partial charge in [0.25, 0.3) is 10.2 Å². The van der Waals surface area contributed by atoms with Gasteiger partial charge in [-0.2, -0.15) is 8.42 Å². The van der Waals surface area contributed by atoms with Crippen LogP contribution in [0, 0.1) is 5.82 Å². The number of ether oxygens (including phenoxy) is 3. The Hall–Kier alpha value is -4.04. The Labute approximate surface area is 219 Å². The fraction of sp³-hybridized carbons (Fsp3) is 0.333. The summed E-state index contributed by atoms with van der Waals surface area (Å²) >= 11 is 0. The minimum absolute atomic E-state index is 0.00485. The Balaban J connectivity index is 2.18. The molecule has 1 aromatic heterocycles. The van der Waals surface area contributed by atoms with Crippen molar-refractivity contribution in [3.63, 3.8) is 0 Å². The van der Waals surface area contributed by atoms with Crippen LogP contribution >= 0.6 is 0 Å². The van der Waals surface area contributed by atoms with E-state index in [1.165, 1.54) is 13.2 Å². The van der Waals surface area contributed by atoms with Gasteiger partial charge in [0.2, 0.25) is 5.95 Å². The van der Waals surface area contributed by atoms with Crippen LogP contribution in [-0.2, 0) is 31.1 Å². The van der Waals surface area contributed by atoms with Crippen LogP contribution in [-0.4, -0.2) is 56.8 Å². The number of benzene rings is 2. The van der Waals surface area contributed by atoms with Crippen molar-refractivity contribution in [2.24, 2.45) is 5.14 Å². The molecular formula is C24H28FN5O7S. The van der Waals surface area contributed by atoms with E-state index in [0.717, 1.165) is 23.6 Å². The van der Waals surface area contributed by atoms with Crippen molar-refractivity contribution in [3.05, 3.63) is 54.0 Å². The molecule has 0 aliphatic carbocycles. The maximum absolute atomic E-state index is 15.9. The lowest BCUT2D eigenvalue weighted by atomic mass is 10.2. The van der Waals surface area contributed by atoms with Gasteiger partial charge in [0.05, 0.1) is 18.2 Å². The predicted molar refractivity (Wildman–Crippen MR) is 137 cm³/mol. The van der Waals surface area contributed by atoms with Gasteiger partial charge in [-0.25, -0.2) is 33.5 Å². The fourth-order valence-electron chi connectivity index (χ4n) is 3.21. The third kappa shape index (κ3) is 6.83. The summed E-state index contributed by atoms with van der Waals surface area (Å²) in [6.45, 7) is 4.14. The highest BCUT2D eigenvalue weighted by Crippen LogP contribution is 2.36. The standard InChI is InChI=1S/C24H28FN5O7S/c1-24(2,3)37-23(32)29(4)22-27-12-16-18(36-14-15-9-7-6-8-10-15)11-17(20(25)21(16)28-22)30(38(26,33)34)13-19(31)35-5/h6-12H,13-14H2,1-5H3,(H2,26,33,34). The van der Waals surface area contributed by atoms with Crippen LogP contribution in [0.15, 0.2) is 42.6 Å². The van der Waals surface area contributed by atoms with E-state index in [0.29, 0.717) is 4.31 Å². The average Bonchev–Trinajstić information content (AvgIpc) is 2.85. The minimum Gasteiger partial charge on any atom is -0.488 e. The summed E-state index contributed by atoms with van der Waals surface area (Å²) in [5, 5.41) is 5.38. The Kier molecular flexibility index (Phi) is 8.37. The zero-order valence-electron chi connectivity index (χ0n) is 21.5. The third-order valence-electron chi connectivity index (χ3n) is 5.02. The zero-order valence-corrected chi connectivity index (χ0v) is 22.3. The second-order valence-electron chi connectivity index (χ2n) is 9.08. The van der Waals surface area contributed by atoms with Crippen LogP contribution in [0.1, 0.15) is 26.3 Å². The first kappa shape index (κ1) is 28.5. The van der Waals surface area contributed by atoms with Gasteiger partial charge < -0.3 is 14.2 Å². The Morgan fingerprint density at radius 1 is 1.16 bits per heavy atom. The van der Waals surface area contributed by atoms with Gasteiger partial charge in [-0.15, -0.1) is 0 Å². The van der Waals surface area contributed by atoms with E-state index < -0.39 is 45.9 Å². The van der Waals surface area contributed by atoms with Gasteiger partial charge in [0.15, 0.2) is 5.82 Å². The van der Waals surface area contributed by atoms with Crippen LogP contribution in [0.2, 0.25) is 0 Å². The summed E-state index contributed by atoms with van der Waals surface area (Å²) in [4.78, 5) is 33.7. The fourth-order valence-corrected chi connectivity index (χ4v) is 3.90. The maximum atomic E-state index is 15.9. The van der Waals surface area contributed by atoms with Crippen LogP contribution < -0.4 is 19.1 Å². The van der Waals surface area contributed by atoms with E-state index in [1.54, 1.807) is 45.0 Å². The lowest BCUT2D eigenvalue weighted by Crippen LogP contribution is -2.41. The van der Waals surface area contributed by atoms with Crippen LogP contribution in [0.3, 0.4) is 0 Å². The van der Waals surface area contributed by atoms with Crippen molar-refractivity contribution < 1.29 is 36.6 Å². The SMILES string of the molecule is COC(=O)CN(c1cc(OCc2ccccc2)c2cnc(N(C)C(=O)OC(C)(C)C)nc2c1F)S(N)(=O)=O. The lowest BCUT2D eigenvalue weighted by molar-refractivity contribution is -0.138. The number of fused-ring (bicyclic) bond motifs is 1. The quantitative estimate of drug-likeness (QED) is 0.418.